The van der Waals surface area contributed by atoms with E-state index in [9.17, 15) is 13.6 Å². The van der Waals surface area contributed by atoms with Gasteiger partial charge >= 0.3 is 0 Å². The summed E-state index contributed by atoms with van der Waals surface area (Å²) in [6, 6.07) is 13.1. The molecule has 0 bridgehead atoms. The zero-order valence-corrected chi connectivity index (χ0v) is 17.7. The molecule has 160 valence electrons. The quantitative estimate of drug-likeness (QED) is 0.540. The Morgan fingerprint density at radius 3 is 2.42 bits per heavy atom. The van der Waals surface area contributed by atoms with Gasteiger partial charge in [-0.05, 0) is 59.5 Å². The van der Waals surface area contributed by atoms with E-state index in [1.54, 1.807) is 19.2 Å². The Labute approximate surface area is 184 Å². The van der Waals surface area contributed by atoms with E-state index < -0.39 is 23.6 Å². The molecule has 31 heavy (non-hydrogen) atoms. The van der Waals surface area contributed by atoms with Crippen molar-refractivity contribution in [3.8, 4) is 11.5 Å². The number of fused-ring (bicyclic) bond motifs is 1. The zero-order chi connectivity index (χ0) is 22.1. The molecule has 1 aliphatic rings. The van der Waals surface area contributed by atoms with Crippen molar-refractivity contribution in [1.29, 1.82) is 0 Å². The molecule has 1 atom stereocenters. The van der Waals surface area contributed by atoms with E-state index >= 15 is 0 Å². The molecule has 0 saturated carbocycles. The Kier molecular flexibility index (Phi) is 5.83. The number of halogens is 3. The maximum atomic E-state index is 14.4. The molecule has 7 heteroatoms. The monoisotopic (exact) mass is 443 g/mol. The number of amides is 1. The van der Waals surface area contributed by atoms with Crippen LogP contribution in [0.3, 0.4) is 0 Å². The van der Waals surface area contributed by atoms with Gasteiger partial charge in [0.15, 0.2) is 11.5 Å². The Bertz CT molecular complexity index is 1150. The fourth-order valence-electron chi connectivity index (χ4n) is 4.01. The topological polar surface area (TPSA) is 38.8 Å². The lowest BCUT2D eigenvalue weighted by Crippen LogP contribution is -2.41. The molecule has 0 spiro atoms. The highest BCUT2D eigenvalue weighted by molar-refractivity contribution is 6.31. The van der Waals surface area contributed by atoms with Crippen molar-refractivity contribution in [2.75, 3.05) is 20.8 Å². The number of nitrogens with zero attached hydrogens (tertiary/aromatic N) is 1. The zero-order valence-electron chi connectivity index (χ0n) is 17.0. The average molecular weight is 444 g/mol. The number of methoxy groups -OCH3 is 2. The average Bonchev–Trinajstić information content (AvgIpc) is 2.79. The predicted octanol–water partition coefficient (Wildman–Crippen LogP) is 5.42. The van der Waals surface area contributed by atoms with Crippen LogP contribution in [0.2, 0.25) is 5.02 Å². The molecule has 3 aromatic carbocycles. The minimum absolute atomic E-state index is 0.299. The highest BCUT2D eigenvalue weighted by Crippen LogP contribution is 2.43. The standard InChI is InChI=1S/C24H20ClF2NO3/c1-30-21-11-14-9-10-28(24(29)18-12-15(26)7-8-20(18)27)23(17(14)13-22(21)31-2)16-5-3-4-6-19(16)25/h3-8,11-13,23H,9-10H2,1-2H3. The first kappa shape index (κ1) is 21.1. The first-order valence-electron chi connectivity index (χ1n) is 9.69. The van der Waals surface area contributed by atoms with Crippen LogP contribution in [0.25, 0.3) is 0 Å². The number of carbonyl (C=O) groups is 1. The smallest absolute Gasteiger partial charge is 0.257 e. The predicted molar refractivity (Wildman–Crippen MR) is 114 cm³/mol. The molecule has 0 aromatic heterocycles. The highest BCUT2D eigenvalue weighted by Gasteiger charge is 2.35. The first-order valence-corrected chi connectivity index (χ1v) is 10.1. The van der Waals surface area contributed by atoms with Crippen LogP contribution in [-0.4, -0.2) is 31.6 Å². The molecule has 0 N–H and O–H groups in total. The molecule has 3 aromatic rings. The summed E-state index contributed by atoms with van der Waals surface area (Å²) in [5, 5.41) is 0.465. The van der Waals surface area contributed by atoms with Crippen LogP contribution in [0.1, 0.15) is 33.1 Å². The van der Waals surface area contributed by atoms with Crippen molar-refractivity contribution in [2.45, 2.75) is 12.5 Å². The van der Waals surface area contributed by atoms with Crippen molar-refractivity contribution in [3.63, 3.8) is 0 Å². The second-order valence-corrected chi connectivity index (χ2v) is 7.61. The number of benzene rings is 3. The fraction of sp³-hybridized carbons (Fsp3) is 0.208. The molecule has 1 unspecified atom stereocenters. The van der Waals surface area contributed by atoms with E-state index in [0.29, 0.717) is 35.1 Å². The molecule has 1 heterocycles. The van der Waals surface area contributed by atoms with E-state index in [1.807, 2.05) is 24.3 Å². The summed E-state index contributed by atoms with van der Waals surface area (Å²) in [5.74, 6) is -0.979. The second kappa shape index (κ2) is 8.55. The summed E-state index contributed by atoms with van der Waals surface area (Å²) in [6.07, 6.45) is 0.513. The van der Waals surface area contributed by atoms with Crippen LogP contribution < -0.4 is 9.47 Å². The molecule has 1 aliphatic heterocycles. The summed E-state index contributed by atoms with van der Waals surface area (Å²) >= 11 is 6.50. The molecular weight excluding hydrogens is 424 g/mol. The number of carbonyl (C=O) groups excluding carboxylic acids is 1. The summed E-state index contributed by atoms with van der Waals surface area (Å²) in [7, 11) is 3.09. The van der Waals surface area contributed by atoms with E-state index in [0.717, 1.165) is 29.3 Å². The van der Waals surface area contributed by atoms with Gasteiger partial charge < -0.3 is 14.4 Å². The van der Waals surface area contributed by atoms with Gasteiger partial charge in [-0.15, -0.1) is 0 Å². The third-order valence-electron chi connectivity index (χ3n) is 5.49. The third kappa shape index (κ3) is 3.83. The lowest BCUT2D eigenvalue weighted by Gasteiger charge is -2.38. The van der Waals surface area contributed by atoms with Crippen LogP contribution >= 0.6 is 11.6 Å². The Hall–Kier alpha value is -3.12. The number of hydrogen-bond acceptors (Lipinski definition) is 3. The van der Waals surface area contributed by atoms with Crippen molar-refractivity contribution >= 4 is 17.5 Å². The third-order valence-corrected chi connectivity index (χ3v) is 5.84. The molecule has 0 fully saturated rings. The van der Waals surface area contributed by atoms with E-state index in [4.69, 9.17) is 21.1 Å². The van der Waals surface area contributed by atoms with Crippen LogP contribution in [0.5, 0.6) is 11.5 Å². The largest absolute Gasteiger partial charge is 0.493 e. The summed E-state index contributed by atoms with van der Waals surface area (Å²) in [4.78, 5) is 14.9. The van der Waals surface area contributed by atoms with E-state index in [-0.39, 0.29) is 5.56 Å². The van der Waals surface area contributed by atoms with Crippen molar-refractivity contribution in [1.82, 2.24) is 4.90 Å². The van der Waals surface area contributed by atoms with Gasteiger partial charge in [0.25, 0.3) is 5.91 Å². The van der Waals surface area contributed by atoms with E-state index in [2.05, 4.69) is 0 Å². The van der Waals surface area contributed by atoms with Gasteiger partial charge in [-0.25, -0.2) is 8.78 Å². The highest BCUT2D eigenvalue weighted by atomic mass is 35.5. The van der Waals surface area contributed by atoms with Gasteiger partial charge in [-0.2, -0.15) is 0 Å². The molecule has 4 nitrogen and oxygen atoms in total. The van der Waals surface area contributed by atoms with Crippen LogP contribution in [0, 0.1) is 11.6 Å². The summed E-state index contributed by atoms with van der Waals surface area (Å²) in [5.41, 5.74) is 2.12. The maximum Gasteiger partial charge on any atom is 0.257 e. The minimum Gasteiger partial charge on any atom is -0.493 e. The number of rotatable bonds is 4. The van der Waals surface area contributed by atoms with Gasteiger partial charge in [-0.1, -0.05) is 29.8 Å². The summed E-state index contributed by atoms with van der Waals surface area (Å²) in [6.45, 7) is 0.299. The van der Waals surface area contributed by atoms with Gasteiger partial charge in [0, 0.05) is 11.6 Å². The molecule has 0 radical (unpaired) electrons. The molecular formula is C24H20ClF2NO3. The lowest BCUT2D eigenvalue weighted by atomic mass is 9.87. The Morgan fingerprint density at radius 2 is 1.71 bits per heavy atom. The van der Waals surface area contributed by atoms with Gasteiger partial charge in [0.05, 0.1) is 25.8 Å². The van der Waals surface area contributed by atoms with E-state index in [1.165, 1.54) is 12.0 Å². The molecule has 1 amide bonds. The van der Waals surface area contributed by atoms with Gasteiger partial charge in [-0.3, -0.25) is 4.79 Å². The molecule has 4 rings (SSSR count). The molecule has 0 aliphatic carbocycles. The second-order valence-electron chi connectivity index (χ2n) is 7.20. The Morgan fingerprint density at radius 1 is 1.00 bits per heavy atom. The van der Waals surface area contributed by atoms with Crippen LogP contribution in [0.15, 0.2) is 54.6 Å². The SMILES string of the molecule is COc1cc2c(cc1OC)C(c1ccccc1Cl)N(C(=O)c1cc(F)ccc1F)CC2. The van der Waals surface area contributed by atoms with Gasteiger partial charge in [0.1, 0.15) is 11.6 Å². The fourth-order valence-corrected chi connectivity index (χ4v) is 4.25. The Balaban J connectivity index is 1.90. The number of ether oxygens (including phenoxy) is 2. The minimum atomic E-state index is -0.776. The maximum absolute atomic E-state index is 14.4. The van der Waals surface area contributed by atoms with Crippen molar-refractivity contribution in [3.05, 3.63) is 93.5 Å². The van der Waals surface area contributed by atoms with Crippen molar-refractivity contribution < 1.29 is 23.0 Å². The first-order chi connectivity index (χ1) is 14.9. The molecule has 0 saturated heterocycles. The van der Waals surface area contributed by atoms with Gasteiger partial charge in [0.2, 0.25) is 0 Å². The van der Waals surface area contributed by atoms with Crippen molar-refractivity contribution in [2.24, 2.45) is 0 Å². The summed E-state index contributed by atoms with van der Waals surface area (Å²) < 4.78 is 39.1. The normalized spacial score (nSPS) is 15.4. The van der Waals surface area contributed by atoms with Crippen LogP contribution in [0.4, 0.5) is 8.78 Å². The van der Waals surface area contributed by atoms with Crippen LogP contribution in [-0.2, 0) is 6.42 Å². The number of hydrogen-bond donors (Lipinski definition) is 0. The lowest BCUT2D eigenvalue weighted by molar-refractivity contribution is 0.0689.